The number of rotatable bonds is 5. The first-order chi connectivity index (χ1) is 12.8. The Hall–Kier alpha value is -1.42. The van der Waals surface area contributed by atoms with Crippen LogP contribution in [0.25, 0.3) is 5.65 Å². The lowest BCUT2D eigenvalue weighted by Crippen LogP contribution is -2.65. The summed E-state index contributed by atoms with van der Waals surface area (Å²) >= 11 is 0. The van der Waals surface area contributed by atoms with Crippen LogP contribution < -0.4 is 10.6 Å². The summed E-state index contributed by atoms with van der Waals surface area (Å²) in [6, 6.07) is 6.34. The Labute approximate surface area is 177 Å². The third-order valence-corrected chi connectivity index (χ3v) is 6.02. The number of ether oxygens (including phenoxy) is 1. The van der Waals surface area contributed by atoms with E-state index in [4.69, 9.17) is 4.74 Å². The van der Waals surface area contributed by atoms with E-state index in [1.807, 2.05) is 35.8 Å². The molecule has 2 fully saturated rings. The number of nitrogens with zero attached hydrogens (tertiary/aromatic N) is 4. The van der Waals surface area contributed by atoms with Crippen molar-refractivity contribution >= 4 is 35.6 Å². The zero-order valence-electron chi connectivity index (χ0n) is 16.0. The lowest BCUT2D eigenvalue weighted by atomic mass is 9.60. The van der Waals surface area contributed by atoms with E-state index in [9.17, 15) is 0 Å². The van der Waals surface area contributed by atoms with Crippen molar-refractivity contribution in [2.75, 3.05) is 13.7 Å². The van der Waals surface area contributed by atoms with E-state index < -0.39 is 0 Å². The van der Waals surface area contributed by atoms with Gasteiger partial charge in [0.15, 0.2) is 17.4 Å². The van der Waals surface area contributed by atoms with Gasteiger partial charge in [-0.25, -0.2) is 0 Å². The Kier molecular flexibility index (Phi) is 6.56. The van der Waals surface area contributed by atoms with Gasteiger partial charge in [-0.15, -0.1) is 34.2 Å². The molecule has 2 aromatic heterocycles. The Morgan fingerprint density at radius 2 is 2.15 bits per heavy atom. The summed E-state index contributed by atoms with van der Waals surface area (Å²) < 4.78 is 8.00. The summed E-state index contributed by atoms with van der Waals surface area (Å²) in [4.78, 5) is 4.41. The van der Waals surface area contributed by atoms with Crippen LogP contribution in [-0.4, -0.2) is 46.4 Å². The summed E-state index contributed by atoms with van der Waals surface area (Å²) in [5, 5.41) is 15.5. The summed E-state index contributed by atoms with van der Waals surface area (Å²) in [6.07, 6.45) is 8.55. The van der Waals surface area contributed by atoms with E-state index in [1.54, 1.807) is 0 Å². The molecule has 2 saturated carbocycles. The average molecular weight is 484 g/mol. The molecule has 148 valence electrons. The van der Waals surface area contributed by atoms with Gasteiger partial charge >= 0.3 is 0 Å². The molecule has 2 atom stereocenters. The van der Waals surface area contributed by atoms with Crippen LogP contribution in [0.1, 0.15) is 44.9 Å². The number of hydrogen-bond acceptors (Lipinski definition) is 4. The van der Waals surface area contributed by atoms with Gasteiger partial charge in [0.25, 0.3) is 0 Å². The molecule has 0 saturated heterocycles. The molecule has 0 bridgehead atoms. The molecule has 4 rings (SSSR count). The Balaban J connectivity index is 0.00000210. The van der Waals surface area contributed by atoms with Gasteiger partial charge in [0.05, 0.1) is 12.6 Å². The van der Waals surface area contributed by atoms with Crippen LogP contribution in [0.5, 0.6) is 0 Å². The molecule has 8 heteroatoms. The number of aromatic nitrogens is 3. The number of guanidine groups is 1. The van der Waals surface area contributed by atoms with Crippen LogP contribution in [0.2, 0.25) is 0 Å². The van der Waals surface area contributed by atoms with Crippen molar-refractivity contribution in [1.82, 2.24) is 25.2 Å². The van der Waals surface area contributed by atoms with Gasteiger partial charge in [-0.2, -0.15) is 0 Å². The molecule has 0 radical (unpaired) electrons. The lowest BCUT2D eigenvalue weighted by Gasteiger charge is -2.54. The zero-order chi connectivity index (χ0) is 18.0. The van der Waals surface area contributed by atoms with Crippen molar-refractivity contribution in [3.8, 4) is 0 Å². The van der Waals surface area contributed by atoms with Crippen molar-refractivity contribution in [2.45, 2.75) is 57.7 Å². The maximum absolute atomic E-state index is 6.01. The van der Waals surface area contributed by atoms with Crippen LogP contribution in [0, 0.1) is 5.41 Å². The third-order valence-electron chi connectivity index (χ3n) is 6.02. The van der Waals surface area contributed by atoms with Crippen LogP contribution in [0.4, 0.5) is 0 Å². The van der Waals surface area contributed by atoms with E-state index in [0.29, 0.717) is 18.7 Å². The number of aliphatic imine (C=N–C) groups is 1. The third kappa shape index (κ3) is 3.78. The topological polar surface area (TPSA) is 75.8 Å². The molecule has 0 aliphatic heterocycles. The van der Waals surface area contributed by atoms with Crippen molar-refractivity contribution in [3.05, 3.63) is 30.2 Å². The van der Waals surface area contributed by atoms with Crippen LogP contribution in [0.3, 0.4) is 0 Å². The number of hydrogen-bond donors (Lipinski definition) is 2. The van der Waals surface area contributed by atoms with Crippen molar-refractivity contribution in [3.63, 3.8) is 0 Å². The van der Waals surface area contributed by atoms with E-state index in [-0.39, 0.29) is 29.4 Å². The minimum Gasteiger partial charge on any atom is -0.378 e. The molecule has 2 unspecified atom stereocenters. The lowest BCUT2D eigenvalue weighted by molar-refractivity contribution is -0.125. The fraction of sp³-hybridized carbons (Fsp3) is 0.632. The maximum atomic E-state index is 6.01. The average Bonchev–Trinajstić information content (AvgIpc) is 3.32. The molecule has 2 heterocycles. The van der Waals surface area contributed by atoms with Crippen LogP contribution in [-0.2, 0) is 11.3 Å². The predicted molar refractivity (Wildman–Crippen MR) is 116 cm³/mol. The van der Waals surface area contributed by atoms with Gasteiger partial charge in [0, 0.05) is 31.3 Å². The molecule has 7 nitrogen and oxygen atoms in total. The second kappa shape index (κ2) is 8.72. The van der Waals surface area contributed by atoms with Crippen molar-refractivity contribution in [2.24, 2.45) is 10.4 Å². The molecule has 0 amide bonds. The van der Waals surface area contributed by atoms with E-state index in [1.165, 1.54) is 25.7 Å². The molecule has 2 aliphatic carbocycles. The molecule has 0 aromatic carbocycles. The normalized spacial score (nSPS) is 23.9. The SMILES string of the molecule is CCOC1CC(NC(=NC)NCc2nnc3ccccn23)C12CCCC2.I. The van der Waals surface area contributed by atoms with Gasteiger partial charge < -0.3 is 15.4 Å². The highest BCUT2D eigenvalue weighted by molar-refractivity contribution is 14.0. The molecule has 2 aromatic rings. The van der Waals surface area contributed by atoms with E-state index >= 15 is 0 Å². The van der Waals surface area contributed by atoms with Gasteiger partial charge in [-0.1, -0.05) is 18.9 Å². The van der Waals surface area contributed by atoms with Crippen LogP contribution in [0.15, 0.2) is 29.4 Å². The second-order valence-electron chi connectivity index (χ2n) is 7.29. The van der Waals surface area contributed by atoms with Gasteiger partial charge in [-0.05, 0) is 38.3 Å². The Morgan fingerprint density at radius 3 is 2.89 bits per heavy atom. The molecule has 2 N–H and O–H groups in total. The van der Waals surface area contributed by atoms with Gasteiger partial charge in [0.1, 0.15) is 0 Å². The number of fused-ring (bicyclic) bond motifs is 1. The smallest absolute Gasteiger partial charge is 0.191 e. The standard InChI is InChI=1S/C19H28N6O.HI/c1-3-26-15-12-14(19(15)9-5-6-10-19)22-18(20-2)21-13-17-24-23-16-8-4-7-11-25(16)17;/h4,7-8,11,14-15H,3,5-6,9-10,12-13H2,1-2H3,(H2,20,21,22);1H. The van der Waals surface area contributed by atoms with Crippen molar-refractivity contribution < 1.29 is 4.74 Å². The number of pyridine rings is 1. The highest BCUT2D eigenvalue weighted by atomic mass is 127. The van der Waals surface area contributed by atoms with Crippen molar-refractivity contribution in [1.29, 1.82) is 0 Å². The van der Waals surface area contributed by atoms with Crippen LogP contribution >= 0.6 is 24.0 Å². The zero-order valence-corrected chi connectivity index (χ0v) is 18.3. The molecule has 27 heavy (non-hydrogen) atoms. The largest absolute Gasteiger partial charge is 0.378 e. The van der Waals surface area contributed by atoms with E-state index in [2.05, 4.69) is 32.7 Å². The van der Waals surface area contributed by atoms with E-state index in [0.717, 1.165) is 30.5 Å². The fourth-order valence-electron chi connectivity index (χ4n) is 4.62. The summed E-state index contributed by atoms with van der Waals surface area (Å²) in [7, 11) is 1.82. The Morgan fingerprint density at radius 1 is 1.33 bits per heavy atom. The molecule has 1 spiro atoms. The predicted octanol–water partition coefficient (Wildman–Crippen LogP) is 2.75. The summed E-state index contributed by atoms with van der Waals surface area (Å²) in [6.45, 7) is 3.47. The highest BCUT2D eigenvalue weighted by Gasteiger charge is 2.56. The molecular weight excluding hydrogens is 455 g/mol. The fourth-order valence-corrected chi connectivity index (χ4v) is 4.62. The first-order valence-electron chi connectivity index (χ1n) is 9.64. The Bertz CT molecular complexity index is 785. The minimum atomic E-state index is 0. The highest BCUT2D eigenvalue weighted by Crippen LogP contribution is 2.54. The maximum Gasteiger partial charge on any atom is 0.191 e. The first kappa shape index (κ1) is 20.3. The summed E-state index contributed by atoms with van der Waals surface area (Å²) in [5.74, 6) is 1.70. The number of halogens is 1. The molecular formula is C19H29IN6O. The minimum absolute atomic E-state index is 0. The first-order valence-corrected chi connectivity index (χ1v) is 9.64. The summed E-state index contributed by atoms with van der Waals surface area (Å²) in [5.41, 5.74) is 1.14. The quantitative estimate of drug-likeness (QED) is 0.388. The second-order valence-corrected chi connectivity index (χ2v) is 7.29. The van der Waals surface area contributed by atoms with Gasteiger partial charge in [-0.3, -0.25) is 9.39 Å². The number of nitrogens with one attached hydrogen (secondary N) is 2. The van der Waals surface area contributed by atoms with Gasteiger partial charge in [0.2, 0.25) is 0 Å². The molecule has 2 aliphatic rings. The monoisotopic (exact) mass is 484 g/mol.